The lowest BCUT2D eigenvalue weighted by Gasteiger charge is -2.28. The van der Waals surface area contributed by atoms with Crippen LogP contribution in [0.5, 0.6) is 0 Å². The van der Waals surface area contributed by atoms with Crippen molar-refractivity contribution in [2.24, 2.45) is 0 Å². The number of aliphatic hydroxyl groups is 3. The first-order valence-corrected chi connectivity index (χ1v) is 5.07. The van der Waals surface area contributed by atoms with Crippen LogP contribution in [0.15, 0.2) is 24.3 Å². The number of benzene rings is 1. The fourth-order valence-electron chi connectivity index (χ4n) is 1.26. The predicted octanol–water partition coefficient (Wildman–Crippen LogP) is -1.29. The Balaban J connectivity index is 2.84. The van der Waals surface area contributed by atoms with Crippen molar-refractivity contribution in [1.29, 1.82) is 0 Å². The molecular formula is C11H16N2O4. The van der Waals surface area contributed by atoms with Crippen LogP contribution in [0.4, 0.5) is 5.69 Å². The number of nitrogens with two attached hydrogens (primary N) is 1. The molecule has 17 heavy (non-hydrogen) atoms. The first-order valence-electron chi connectivity index (χ1n) is 5.07. The number of hydrogen-bond acceptors (Lipinski definition) is 5. The van der Waals surface area contributed by atoms with Gasteiger partial charge in [-0.3, -0.25) is 4.79 Å². The lowest BCUT2D eigenvalue weighted by atomic mass is 10.0. The normalized spacial score (nSPS) is 11.2. The second-order valence-corrected chi connectivity index (χ2v) is 3.83. The summed E-state index contributed by atoms with van der Waals surface area (Å²) in [5.74, 6) is -0.519. The highest BCUT2D eigenvalue weighted by molar-refractivity contribution is 5.95. The summed E-state index contributed by atoms with van der Waals surface area (Å²) < 4.78 is 0. The summed E-state index contributed by atoms with van der Waals surface area (Å²) >= 11 is 0. The molecule has 0 aliphatic carbocycles. The highest BCUT2D eigenvalue weighted by Crippen LogP contribution is 2.09. The van der Waals surface area contributed by atoms with Gasteiger partial charge in [-0.05, 0) is 18.2 Å². The molecule has 0 unspecified atom stereocenters. The monoisotopic (exact) mass is 240 g/mol. The van der Waals surface area contributed by atoms with Crippen LogP contribution in [0.3, 0.4) is 0 Å². The van der Waals surface area contributed by atoms with Crippen LogP contribution in [0.25, 0.3) is 0 Å². The molecule has 0 aliphatic rings. The standard InChI is InChI=1S/C11H16N2O4/c12-9-3-1-2-8(4-9)10(17)13-11(5-14,6-15)7-16/h1-4,14-16H,5-7,12H2,(H,13,17). The number of nitrogen functional groups attached to an aromatic ring is 1. The van der Waals surface area contributed by atoms with Crippen molar-refractivity contribution >= 4 is 11.6 Å². The van der Waals surface area contributed by atoms with Gasteiger partial charge >= 0.3 is 0 Å². The topological polar surface area (TPSA) is 116 Å². The van der Waals surface area contributed by atoms with Crippen molar-refractivity contribution in [3.05, 3.63) is 29.8 Å². The fraction of sp³-hybridized carbons (Fsp3) is 0.364. The molecular weight excluding hydrogens is 224 g/mol. The molecule has 1 amide bonds. The zero-order valence-corrected chi connectivity index (χ0v) is 9.26. The molecule has 0 aromatic heterocycles. The number of aliphatic hydroxyl groups excluding tert-OH is 3. The van der Waals surface area contributed by atoms with Crippen molar-refractivity contribution in [3.63, 3.8) is 0 Å². The first-order chi connectivity index (χ1) is 8.06. The molecule has 0 bridgehead atoms. The molecule has 6 nitrogen and oxygen atoms in total. The maximum Gasteiger partial charge on any atom is 0.252 e. The third kappa shape index (κ3) is 3.16. The fourth-order valence-corrected chi connectivity index (χ4v) is 1.26. The Bertz CT molecular complexity index is 383. The number of carbonyl (C=O) groups excluding carboxylic acids is 1. The van der Waals surface area contributed by atoms with Gasteiger partial charge in [0.1, 0.15) is 5.54 Å². The van der Waals surface area contributed by atoms with E-state index in [1.807, 2.05) is 0 Å². The Morgan fingerprint density at radius 3 is 2.29 bits per heavy atom. The Hall–Kier alpha value is -1.63. The van der Waals surface area contributed by atoms with Gasteiger partial charge in [0.2, 0.25) is 0 Å². The van der Waals surface area contributed by atoms with Crippen molar-refractivity contribution in [3.8, 4) is 0 Å². The second-order valence-electron chi connectivity index (χ2n) is 3.83. The van der Waals surface area contributed by atoms with Gasteiger partial charge in [-0.15, -0.1) is 0 Å². The SMILES string of the molecule is Nc1cccc(C(=O)NC(CO)(CO)CO)c1. The molecule has 0 heterocycles. The Morgan fingerprint density at radius 2 is 1.82 bits per heavy atom. The van der Waals surface area contributed by atoms with Gasteiger partial charge in [-0.25, -0.2) is 0 Å². The molecule has 1 aromatic rings. The van der Waals surface area contributed by atoms with E-state index < -0.39 is 31.3 Å². The molecule has 0 spiro atoms. The molecule has 0 saturated heterocycles. The highest BCUT2D eigenvalue weighted by atomic mass is 16.3. The minimum Gasteiger partial charge on any atom is -0.399 e. The minimum absolute atomic E-state index is 0.296. The van der Waals surface area contributed by atoms with Crippen molar-refractivity contribution < 1.29 is 20.1 Å². The van der Waals surface area contributed by atoms with E-state index in [0.29, 0.717) is 11.3 Å². The van der Waals surface area contributed by atoms with E-state index in [1.165, 1.54) is 6.07 Å². The molecule has 1 aromatic carbocycles. The number of hydrogen-bond donors (Lipinski definition) is 5. The summed E-state index contributed by atoms with van der Waals surface area (Å²) in [6, 6.07) is 6.26. The molecule has 94 valence electrons. The van der Waals surface area contributed by atoms with Crippen molar-refractivity contribution in [2.45, 2.75) is 5.54 Å². The van der Waals surface area contributed by atoms with Crippen LogP contribution in [-0.2, 0) is 0 Å². The third-order valence-electron chi connectivity index (χ3n) is 2.44. The van der Waals surface area contributed by atoms with Gasteiger partial charge in [0.05, 0.1) is 19.8 Å². The van der Waals surface area contributed by atoms with Crippen LogP contribution < -0.4 is 11.1 Å². The van der Waals surface area contributed by atoms with Crippen LogP contribution in [0, 0.1) is 0 Å². The molecule has 0 aliphatic heterocycles. The Kier molecular flexibility index (Phi) is 4.45. The van der Waals surface area contributed by atoms with Gasteiger partial charge < -0.3 is 26.4 Å². The van der Waals surface area contributed by atoms with Gasteiger partial charge in [0.25, 0.3) is 5.91 Å². The molecule has 0 saturated carbocycles. The average molecular weight is 240 g/mol. The molecule has 6 N–H and O–H groups in total. The smallest absolute Gasteiger partial charge is 0.252 e. The van der Waals surface area contributed by atoms with Crippen LogP contribution >= 0.6 is 0 Å². The highest BCUT2D eigenvalue weighted by Gasteiger charge is 2.30. The van der Waals surface area contributed by atoms with Crippen molar-refractivity contribution in [2.75, 3.05) is 25.6 Å². The summed E-state index contributed by atoms with van der Waals surface area (Å²) in [4.78, 5) is 11.8. The van der Waals surface area contributed by atoms with Gasteiger partial charge in [0.15, 0.2) is 0 Å². The van der Waals surface area contributed by atoms with Gasteiger partial charge in [-0.2, -0.15) is 0 Å². The summed E-state index contributed by atoms with van der Waals surface area (Å²) in [6.07, 6.45) is 0. The predicted molar refractivity (Wildman–Crippen MR) is 62.3 cm³/mol. The van der Waals surface area contributed by atoms with Crippen LogP contribution in [0.1, 0.15) is 10.4 Å². The van der Waals surface area contributed by atoms with E-state index in [4.69, 9.17) is 21.1 Å². The van der Waals surface area contributed by atoms with E-state index in [9.17, 15) is 4.79 Å². The Labute approximate surface area is 98.7 Å². The van der Waals surface area contributed by atoms with Gasteiger partial charge in [0, 0.05) is 11.3 Å². The van der Waals surface area contributed by atoms with E-state index in [0.717, 1.165) is 0 Å². The number of nitrogens with one attached hydrogen (secondary N) is 1. The van der Waals surface area contributed by atoms with Crippen LogP contribution in [-0.4, -0.2) is 46.6 Å². The number of anilines is 1. The molecule has 6 heteroatoms. The first kappa shape index (κ1) is 13.4. The van der Waals surface area contributed by atoms with E-state index >= 15 is 0 Å². The van der Waals surface area contributed by atoms with E-state index in [2.05, 4.69) is 5.32 Å². The summed E-state index contributed by atoms with van der Waals surface area (Å²) in [7, 11) is 0. The lowest BCUT2D eigenvalue weighted by molar-refractivity contribution is 0.0375. The molecule has 0 fully saturated rings. The van der Waals surface area contributed by atoms with E-state index in [1.54, 1.807) is 18.2 Å². The number of carbonyl (C=O) groups is 1. The zero-order chi connectivity index (χ0) is 12.9. The lowest BCUT2D eigenvalue weighted by Crippen LogP contribution is -2.57. The number of rotatable bonds is 5. The van der Waals surface area contributed by atoms with E-state index in [-0.39, 0.29) is 0 Å². The largest absolute Gasteiger partial charge is 0.399 e. The summed E-state index contributed by atoms with van der Waals surface area (Å²) in [5.41, 5.74) is 4.83. The van der Waals surface area contributed by atoms with Gasteiger partial charge in [-0.1, -0.05) is 6.07 Å². The van der Waals surface area contributed by atoms with Crippen molar-refractivity contribution in [1.82, 2.24) is 5.32 Å². The molecule has 0 radical (unpaired) electrons. The summed E-state index contributed by atoms with van der Waals surface area (Å²) in [6.45, 7) is -1.68. The maximum atomic E-state index is 11.8. The van der Waals surface area contributed by atoms with Crippen LogP contribution in [0.2, 0.25) is 0 Å². The third-order valence-corrected chi connectivity index (χ3v) is 2.44. The molecule has 0 atom stereocenters. The second kappa shape index (κ2) is 5.62. The maximum absolute atomic E-state index is 11.8. The average Bonchev–Trinajstić information content (AvgIpc) is 2.36. The number of amides is 1. The summed E-state index contributed by atoms with van der Waals surface area (Å²) in [5, 5.41) is 29.6. The zero-order valence-electron chi connectivity index (χ0n) is 9.26. The minimum atomic E-state index is -1.43. The quantitative estimate of drug-likeness (QED) is 0.411. The Morgan fingerprint density at radius 1 is 1.24 bits per heavy atom. The molecule has 1 rings (SSSR count).